The molecule has 1 saturated heterocycles. The van der Waals surface area contributed by atoms with Crippen molar-refractivity contribution >= 4 is 34.8 Å². The van der Waals surface area contributed by atoms with Crippen LogP contribution in [0.15, 0.2) is 59.1 Å². The van der Waals surface area contributed by atoms with Crippen molar-refractivity contribution in [3.05, 3.63) is 65.3 Å². The lowest BCUT2D eigenvalue weighted by Gasteiger charge is -2.15. The molecule has 1 aliphatic rings. The molecular formula is C20H16ClN3O3. The van der Waals surface area contributed by atoms with Crippen LogP contribution in [0.5, 0.6) is 0 Å². The van der Waals surface area contributed by atoms with Crippen LogP contribution in [0, 0.1) is 0 Å². The number of carbonyl (C=O) groups is 2. The molecule has 0 bridgehead atoms. The third-order valence-corrected chi connectivity index (χ3v) is 4.60. The third-order valence-electron chi connectivity index (χ3n) is 4.36. The summed E-state index contributed by atoms with van der Waals surface area (Å²) in [6.07, 6.45) is 1.46. The summed E-state index contributed by atoms with van der Waals surface area (Å²) in [6.45, 7) is 0.732. The molecule has 2 aromatic carbocycles. The Balaban J connectivity index is 1.45. The number of carbonyl (C=O) groups excluding carboxylic acids is 2. The average Bonchev–Trinajstić information content (AvgIpc) is 3.32. The Morgan fingerprint density at radius 1 is 1.15 bits per heavy atom. The second kappa shape index (κ2) is 7.25. The maximum atomic E-state index is 12.4. The van der Waals surface area contributed by atoms with Gasteiger partial charge in [-0.15, -0.1) is 0 Å². The third kappa shape index (κ3) is 3.71. The fourth-order valence-corrected chi connectivity index (χ4v) is 3.19. The van der Waals surface area contributed by atoms with Crippen molar-refractivity contribution < 1.29 is 14.1 Å². The van der Waals surface area contributed by atoms with Crippen LogP contribution in [0.25, 0.3) is 11.3 Å². The van der Waals surface area contributed by atoms with Crippen LogP contribution in [0.4, 0.5) is 11.4 Å². The van der Waals surface area contributed by atoms with Gasteiger partial charge in [0, 0.05) is 41.0 Å². The highest BCUT2D eigenvalue weighted by Gasteiger charge is 2.21. The van der Waals surface area contributed by atoms with E-state index in [1.54, 1.807) is 41.3 Å². The summed E-state index contributed by atoms with van der Waals surface area (Å²) in [7, 11) is 0. The molecule has 0 atom stereocenters. The summed E-state index contributed by atoms with van der Waals surface area (Å²) in [5, 5.41) is 7.17. The highest BCUT2D eigenvalue weighted by molar-refractivity contribution is 6.30. The smallest absolute Gasteiger partial charge is 0.277 e. The van der Waals surface area contributed by atoms with Gasteiger partial charge in [-0.25, -0.2) is 0 Å². The zero-order valence-corrected chi connectivity index (χ0v) is 15.1. The second-order valence-corrected chi connectivity index (χ2v) is 6.67. The predicted molar refractivity (Wildman–Crippen MR) is 103 cm³/mol. The first kappa shape index (κ1) is 17.3. The van der Waals surface area contributed by atoms with Gasteiger partial charge in [-0.3, -0.25) is 9.59 Å². The van der Waals surface area contributed by atoms with E-state index in [4.69, 9.17) is 16.1 Å². The SMILES string of the molecule is O=C(Nc1ccc(N2CCCC2=O)cc1)c1cc(-c2cccc(Cl)c2)on1. The van der Waals surface area contributed by atoms with Gasteiger partial charge < -0.3 is 14.7 Å². The van der Waals surface area contributed by atoms with E-state index in [-0.39, 0.29) is 17.5 Å². The second-order valence-electron chi connectivity index (χ2n) is 6.24. The number of hydrogen-bond acceptors (Lipinski definition) is 4. The molecule has 6 nitrogen and oxygen atoms in total. The molecular weight excluding hydrogens is 366 g/mol. The predicted octanol–water partition coefficient (Wildman–Crippen LogP) is 4.37. The van der Waals surface area contributed by atoms with Gasteiger partial charge in [-0.2, -0.15) is 0 Å². The molecule has 7 heteroatoms. The minimum Gasteiger partial charge on any atom is -0.355 e. The largest absolute Gasteiger partial charge is 0.355 e. The van der Waals surface area contributed by atoms with Crippen molar-refractivity contribution in [1.29, 1.82) is 0 Å². The number of halogens is 1. The van der Waals surface area contributed by atoms with Gasteiger partial charge in [0.05, 0.1) is 0 Å². The summed E-state index contributed by atoms with van der Waals surface area (Å²) in [5.41, 5.74) is 2.36. The van der Waals surface area contributed by atoms with Crippen molar-refractivity contribution in [3.8, 4) is 11.3 Å². The topological polar surface area (TPSA) is 75.4 Å². The molecule has 0 spiro atoms. The Hall–Kier alpha value is -3.12. The Morgan fingerprint density at radius 2 is 1.96 bits per heavy atom. The maximum Gasteiger partial charge on any atom is 0.277 e. The molecule has 2 amide bonds. The van der Waals surface area contributed by atoms with Crippen LogP contribution in [0.2, 0.25) is 5.02 Å². The van der Waals surface area contributed by atoms with Gasteiger partial charge in [0.15, 0.2) is 11.5 Å². The summed E-state index contributed by atoms with van der Waals surface area (Å²) < 4.78 is 5.25. The molecule has 136 valence electrons. The fraction of sp³-hybridized carbons (Fsp3) is 0.150. The Morgan fingerprint density at radius 3 is 2.67 bits per heavy atom. The minimum atomic E-state index is -0.378. The van der Waals surface area contributed by atoms with E-state index in [1.807, 2.05) is 18.2 Å². The van der Waals surface area contributed by atoms with E-state index >= 15 is 0 Å². The van der Waals surface area contributed by atoms with Gasteiger partial charge in [0.1, 0.15) is 0 Å². The summed E-state index contributed by atoms with van der Waals surface area (Å²) in [6, 6.07) is 15.8. The van der Waals surface area contributed by atoms with Crippen molar-refractivity contribution in [2.24, 2.45) is 0 Å². The zero-order valence-electron chi connectivity index (χ0n) is 14.3. The average molecular weight is 382 g/mol. The van der Waals surface area contributed by atoms with E-state index in [0.29, 0.717) is 22.9 Å². The quantitative estimate of drug-likeness (QED) is 0.727. The molecule has 3 aromatic rings. The van der Waals surface area contributed by atoms with Crippen LogP contribution in [0.1, 0.15) is 23.3 Å². The number of amides is 2. The zero-order chi connectivity index (χ0) is 18.8. The molecule has 0 radical (unpaired) electrons. The highest BCUT2D eigenvalue weighted by Crippen LogP contribution is 2.25. The molecule has 0 unspecified atom stereocenters. The van der Waals surface area contributed by atoms with Gasteiger partial charge in [-0.05, 0) is 42.8 Å². The first-order chi connectivity index (χ1) is 13.1. The Bertz CT molecular complexity index is 998. The van der Waals surface area contributed by atoms with Crippen LogP contribution >= 0.6 is 11.6 Å². The molecule has 1 N–H and O–H groups in total. The number of nitrogens with one attached hydrogen (secondary N) is 1. The number of nitrogens with zero attached hydrogens (tertiary/aromatic N) is 2. The maximum absolute atomic E-state index is 12.4. The molecule has 0 saturated carbocycles. The van der Waals surface area contributed by atoms with Crippen molar-refractivity contribution in [2.45, 2.75) is 12.8 Å². The minimum absolute atomic E-state index is 0.128. The van der Waals surface area contributed by atoms with E-state index < -0.39 is 0 Å². The van der Waals surface area contributed by atoms with Gasteiger partial charge in [-0.1, -0.05) is 28.9 Å². The van der Waals surface area contributed by atoms with Gasteiger partial charge >= 0.3 is 0 Å². The molecule has 2 heterocycles. The Labute approximate surface area is 160 Å². The van der Waals surface area contributed by atoms with Crippen molar-refractivity contribution in [2.75, 3.05) is 16.8 Å². The van der Waals surface area contributed by atoms with E-state index in [0.717, 1.165) is 24.2 Å². The molecule has 4 rings (SSSR count). The molecule has 0 aliphatic carbocycles. The van der Waals surface area contributed by atoms with Crippen LogP contribution in [-0.2, 0) is 4.79 Å². The number of benzene rings is 2. The summed E-state index contributed by atoms with van der Waals surface area (Å²) in [4.78, 5) is 25.9. The molecule has 1 aromatic heterocycles. The van der Waals surface area contributed by atoms with Crippen LogP contribution in [-0.4, -0.2) is 23.5 Å². The fourth-order valence-electron chi connectivity index (χ4n) is 3.00. The lowest BCUT2D eigenvalue weighted by Crippen LogP contribution is -2.23. The monoisotopic (exact) mass is 381 g/mol. The standard InChI is InChI=1S/C20H16ClN3O3/c21-14-4-1-3-13(11-14)18-12-17(23-27-18)20(26)22-15-6-8-16(9-7-15)24-10-2-5-19(24)25/h1,3-4,6-9,11-12H,2,5,10H2,(H,22,26). The normalized spacial score (nSPS) is 13.8. The number of rotatable bonds is 4. The Kier molecular flexibility index (Phi) is 4.64. The summed E-state index contributed by atoms with van der Waals surface area (Å²) >= 11 is 5.97. The first-order valence-electron chi connectivity index (χ1n) is 8.54. The van der Waals surface area contributed by atoms with E-state index in [2.05, 4.69) is 10.5 Å². The van der Waals surface area contributed by atoms with Crippen molar-refractivity contribution in [1.82, 2.24) is 5.16 Å². The highest BCUT2D eigenvalue weighted by atomic mass is 35.5. The number of anilines is 2. The summed E-state index contributed by atoms with van der Waals surface area (Å²) in [5.74, 6) is 0.213. The first-order valence-corrected chi connectivity index (χ1v) is 8.92. The molecule has 27 heavy (non-hydrogen) atoms. The van der Waals surface area contributed by atoms with E-state index in [9.17, 15) is 9.59 Å². The van der Waals surface area contributed by atoms with E-state index in [1.165, 1.54) is 0 Å². The number of hydrogen-bond donors (Lipinski definition) is 1. The lowest BCUT2D eigenvalue weighted by molar-refractivity contribution is -0.117. The lowest BCUT2D eigenvalue weighted by atomic mass is 10.1. The number of aromatic nitrogens is 1. The van der Waals surface area contributed by atoms with Gasteiger partial charge in [0.25, 0.3) is 5.91 Å². The molecule has 1 fully saturated rings. The van der Waals surface area contributed by atoms with Crippen molar-refractivity contribution in [3.63, 3.8) is 0 Å². The van der Waals surface area contributed by atoms with Gasteiger partial charge in [0.2, 0.25) is 5.91 Å². The van der Waals surface area contributed by atoms with Crippen LogP contribution < -0.4 is 10.2 Å². The van der Waals surface area contributed by atoms with Crippen LogP contribution in [0.3, 0.4) is 0 Å². The molecule has 1 aliphatic heterocycles.